The van der Waals surface area contributed by atoms with Crippen LogP contribution >= 0.6 is 27.5 Å². The highest BCUT2D eigenvalue weighted by Crippen LogP contribution is 2.30. The van der Waals surface area contributed by atoms with Gasteiger partial charge in [0.15, 0.2) is 0 Å². The molecule has 1 atom stereocenters. The van der Waals surface area contributed by atoms with E-state index in [9.17, 15) is 14.7 Å². The van der Waals surface area contributed by atoms with Crippen LogP contribution in [0.2, 0.25) is 5.02 Å². The molecule has 2 aromatic rings. The number of hydrogen-bond donors (Lipinski definition) is 1. The van der Waals surface area contributed by atoms with E-state index in [1.165, 1.54) is 5.01 Å². The fourth-order valence-corrected chi connectivity index (χ4v) is 3.41. The number of amides is 1. The lowest BCUT2D eigenvalue weighted by molar-refractivity contribution is -0.132. The summed E-state index contributed by atoms with van der Waals surface area (Å²) in [6, 6.07) is 14.1. The van der Waals surface area contributed by atoms with E-state index in [-0.39, 0.29) is 17.9 Å². The summed E-state index contributed by atoms with van der Waals surface area (Å²) in [6.45, 7) is 1.91. The van der Waals surface area contributed by atoms with Crippen LogP contribution in [0.5, 0.6) is 0 Å². The minimum atomic E-state index is -1.05. The summed E-state index contributed by atoms with van der Waals surface area (Å²) in [4.78, 5) is 24.8. The molecule has 5 nitrogen and oxygen atoms in total. The molecule has 0 saturated carbocycles. The first-order valence-electron chi connectivity index (χ1n) is 8.75. The van der Waals surface area contributed by atoms with E-state index in [1.807, 2.05) is 31.2 Å². The maximum Gasteiger partial charge on any atom is 0.331 e. The summed E-state index contributed by atoms with van der Waals surface area (Å²) >= 11 is 9.27. The standard InChI is InChI=1S/C21H18BrClN2O3/c1-2-19-18(20(26)25(24-19)17-9-7-16(23)8-10-17)12-14(21(27)28)11-13-3-5-15(22)6-4-13/h3-11,18H,2,12H2,1H3,(H,27,28). The second kappa shape index (κ2) is 8.71. The molecule has 7 heteroatoms. The number of carbonyl (C=O) groups is 2. The number of carboxylic acid groups (broad SMARTS) is 1. The highest BCUT2D eigenvalue weighted by molar-refractivity contribution is 9.10. The summed E-state index contributed by atoms with van der Waals surface area (Å²) in [6.07, 6.45) is 2.24. The zero-order valence-electron chi connectivity index (χ0n) is 15.1. The van der Waals surface area contributed by atoms with E-state index in [2.05, 4.69) is 21.0 Å². The molecule has 1 N–H and O–H groups in total. The smallest absolute Gasteiger partial charge is 0.331 e. The molecule has 0 bridgehead atoms. The van der Waals surface area contributed by atoms with Gasteiger partial charge in [-0.25, -0.2) is 9.80 Å². The quantitative estimate of drug-likeness (QED) is 0.586. The second-order valence-corrected chi connectivity index (χ2v) is 7.71. The Morgan fingerprint density at radius 3 is 2.43 bits per heavy atom. The SMILES string of the molecule is CCC1=NN(c2ccc(Cl)cc2)C(=O)C1CC(=Cc1ccc(Br)cc1)C(=O)O. The van der Waals surface area contributed by atoms with Crippen LogP contribution in [0.3, 0.4) is 0 Å². The molecular formula is C21H18BrClN2O3. The van der Waals surface area contributed by atoms with E-state index < -0.39 is 11.9 Å². The highest BCUT2D eigenvalue weighted by atomic mass is 79.9. The van der Waals surface area contributed by atoms with Crippen molar-refractivity contribution in [3.63, 3.8) is 0 Å². The maximum atomic E-state index is 13.0. The number of nitrogens with zero attached hydrogens (tertiary/aromatic N) is 2. The molecule has 28 heavy (non-hydrogen) atoms. The summed E-state index contributed by atoms with van der Waals surface area (Å²) in [5.74, 6) is -1.88. The average molecular weight is 462 g/mol. The zero-order chi connectivity index (χ0) is 20.3. The van der Waals surface area contributed by atoms with Gasteiger partial charge in [-0.2, -0.15) is 5.10 Å². The number of carbonyl (C=O) groups excluding carboxylic acids is 1. The number of rotatable bonds is 6. The van der Waals surface area contributed by atoms with E-state index >= 15 is 0 Å². The number of anilines is 1. The van der Waals surface area contributed by atoms with Crippen LogP contribution in [-0.4, -0.2) is 22.7 Å². The Bertz CT molecular complexity index is 953. The van der Waals surface area contributed by atoms with Crippen molar-refractivity contribution in [3.05, 3.63) is 69.2 Å². The van der Waals surface area contributed by atoms with Crippen molar-refractivity contribution in [2.75, 3.05) is 5.01 Å². The highest BCUT2D eigenvalue weighted by Gasteiger charge is 2.37. The van der Waals surface area contributed by atoms with Gasteiger partial charge in [0.05, 0.1) is 17.3 Å². The number of aliphatic carboxylic acids is 1. The Morgan fingerprint density at radius 2 is 1.86 bits per heavy atom. The Balaban J connectivity index is 1.87. The maximum absolute atomic E-state index is 13.0. The van der Waals surface area contributed by atoms with Crippen molar-refractivity contribution in [2.45, 2.75) is 19.8 Å². The van der Waals surface area contributed by atoms with Gasteiger partial charge in [0, 0.05) is 15.1 Å². The third-order valence-corrected chi connectivity index (χ3v) is 5.26. The monoisotopic (exact) mass is 460 g/mol. The Morgan fingerprint density at radius 1 is 1.21 bits per heavy atom. The molecule has 0 aromatic heterocycles. The Labute approximate surface area is 176 Å². The number of hydrogen-bond acceptors (Lipinski definition) is 3. The fourth-order valence-electron chi connectivity index (χ4n) is 3.02. The van der Waals surface area contributed by atoms with Crippen LogP contribution in [-0.2, 0) is 9.59 Å². The summed E-state index contributed by atoms with van der Waals surface area (Å²) in [7, 11) is 0. The molecule has 0 aliphatic carbocycles. The van der Waals surface area contributed by atoms with E-state index in [1.54, 1.807) is 30.3 Å². The Hall–Kier alpha value is -2.44. The summed E-state index contributed by atoms with van der Waals surface area (Å²) in [5.41, 5.74) is 2.20. The van der Waals surface area contributed by atoms with Crippen LogP contribution in [0, 0.1) is 5.92 Å². The molecule has 1 unspecified atom stereocenters. The van der Waals surface area contributed by atoms with Crippen molar-refractivity contribution in [3.8, 4) is 0 Å². The van der Waals surface area contributed by atoms with Gasteiger partial charge in [-0.3, -0.25) is 4.79 Å². The van der Waals surface area contributed by atoms with Gasteiger partial charge >= 0.3 is 5.97 Å². The lowest BCUT2D eigenvalue weighted by Gasteiger charge is -2.15. The molecule has 144 valence electrons. The molecule has 0 fully saturated rings. The van der Waals surface area contributed by atoms with Crippen molar-refractivity contribution in [1.82, 2.24) is 0 Å². The van der Waals surface area contributed by atoms with Gasteiger partial charge in [0.25, 0.3) is 5.91 Å². The molecule has 0 spiro atoms. The lowest BCUT2D eigenvalue weighted by atomic mass is 9.92. The number of benzene rings is 2. The second-order valence-electron chi connectivity index (χ2n) is 6.35. The van der Waals surface area contributed by atoms with E-state index in [4.69, 9.17) is 11.6 Å². The Kier molecular flexibility index (Phi) is 6.31. The summed E-state index contributed by atoms with van der Waals surface area (Å²) in [5, 5.41) is 16.0. The normalized spacial score (nSPS) is 17.0. The molecule has 1 heterocycles. The predicted octanol–water partition coefficient (Wildman–Crippen LogP) is 5.39. The van der Waals surface area contributed by atoms with Crippen LogP contribution in [0.1, 0.15) is 25.3 Å². The van der Waals surface area contributed by atoms with Gasteiger partial charge < -0.3 is 5.11 Å². The largest absolute Gasteiger partial charge is 0.478 e. The lowest BCUT2D eigenvalue weighted by Crippen LogP contribution is -2.28. The van der Waals surface area contributed by atoms with E-state index in [0.717, 1.165) is 10.0 Å². The zero-order valence-corrected chi connectivity index (χ0v) is 17.4. The minimum Gasteiger partial charge on any atom is -0.478 e. The van der Waals surface area contributed by atoms with Gasteiger partial charge in [-0.1, -0.05) is 46.6 Å². The van der Waals surface area contributed by atoms with Crippen molar-refractivity contribution >= 4 is 56.9 Å². The van der Waals surface area contributed by atoms with Crippen molar-refractivity contribution < 1.29 is 14.7 Å². The molecule has 1 aliphatic rings. The number of carboxylic acids is 1. The molecular weight excluding hydrogens is 444 g/mol. The fraction of sp³-hybridized carbons (Fsp3) is 0.190. The molecule has 1 aliphatic heterocycles. The van der Waals surface area contributed by atoms with Crippen LogP contribution < -0.4 is 5.01 Å². The molecule has 1 amide bonds. The van der Waals surface area contributed by atoms with Crippen molar-refractivity contribution in [2.24, 2.45) is 11.0 Å². The van der Waals surface area contributed by atoms with Crippen LogP contribution in [0.15, 0.2) is 63.7 Å². The van der Waals surface area contributed by atoms with Gasteiger partial charge in [0.1, 0.15) is 0 Å². The predicted molar refractivity (Wildman–Crippen MR) is 115 cm³/mol. The molecule has 2 aromatic carbocycles. The van der Waals surface area contributed by atoms with Crippen LogP contribution in [0.25, 0.3) is 6.08 Å². The number of hydrazone groups is 1. The van der Waals surface area contributed by atoms with Gasteiger partial charge in [-0.15, -0.1) is 0 Å². The first kappa shape index (κ1) is 20.3. The third-order valence-electron chi connectivity index (χ3n) is 4.48. The average Bonchev–Trinajstić information content (AvgIpc) is 2.99. The van der Waals surface area contributed by atoms with Gasteiger partial charge in [0.2, 0.25) is 0 Å². The third kappa shape index (κ3) is 4.51. The number of halogens is 2. The first-order chi connectivity index (χ1) is 13.4. The topological polar surface area (TPSA) is 70.0 Å². The molecule has 3 rings (SSSR count). The van der Waals surface area contributed by atoms with E-state index in [0.29, 0.717) is 22.8 Å². The van der Waals surface area contributed by atoms with Crippen LogP contribution in [0.4, 0.5) is 5.69 Å². The minimum absolute atomic E-state index is 0.0843. The van der Waals surface area contributed by atoms with Crippen molar-refractivity contribution in [1.29, 1.82) is 0 Å². The first-order valence-corrected chi connectivity index (χ1v) is 9.92. The van der Waals surface area contributed by atoms with Gasteiger partial charge in [-0.05, 0) is 60.9 Å². The summed E-state index contributed by atoms with van der Waals surface area (Å²) < 4.78 is 0.909. The molecule has 0 radical (unpaired) electrons. The molecule has 0 saturated heterocycles.